The number of rotatable bonds is 2. The molecule has 6 nitrogen and oxygen atoms in total. The largest absolute Gasteiger partial charge is 0.493 e. The number of fused-ring (bicyclic) bond motifs is 1. The van der Waals surface area contributed by atoms with Crippen LogP contribution in [0.3, 0.4) is 0 Å². The van der Waals surface area contributed by atoms with Crippen LogP contribution in [0, 0.1) is 0 Å². The fourth-order valence-electron chi connectivity index (χ4n) is 1.60. The maximum Gasteiger partial charge on any atom is 0.184 e. The normalized spacial score (nSPS) is 10.4. The summed E-state index contributed by atoms with van der Waals surface area (Å²) in [4.78, 5) is 7.97. The van der Waals surface area contributed by atoms with Crippen molar-refractivity contribution in [2.75, 3.05) is 25.7 Å². The van der Waals surface area contributed by atoms with E-state index in [0.29, 0.717) is 33.9 Å². The number of hydrogen-bond acceptors (Lipinski definition) is 6. The molecule has 0 saturated carbocycles. The molecule has 84 valence electrons. The molecule has 0 amide bonds. The van der Waals surface area contributed by atoms with E-state index in [0.717, 1.165) is 0 Å². The fourth-order valence-corrected chi connectivity index (χ4v) is 1.60. The van der Waals surface area contributed by atoms with Gasteiger partial charge in [-0.05, 0) is 0 Å². The number of nitrogen functional groups attached to an aromatic ring is 2. The standard InChI is InChI=1S/C10H12N4O2/c1-15-6-3-5-7(8(11)9(6)16-2)10(12)14-4-13-5/h3-4H,11H2,1-2H3,(H2,12,13,14). The van der Waals surface area contributed by atoms with Crippen LogP contribution in [0.2, 0.25) is 0 Å². The van der Waals surface area contributed by atoms with Crippen molar-refractivity contribution in [2.24, 2.45) is 0 Å². The molecule has 0 bridgehead atoms. The first kappa shape index (κ1) is 10.3. The molecule has 0 fully saturated rings. The van der Waals surface area contributed by atoms with Gasteiger partial charge in [0.1, 0.15) is 12.1 Å². The van der Waals surface area contributed by atoms with E-state index in [2.05, 4.69) is 9.97 Å². The van der Waals surface area contributed by atoms with Gasteiger partial charge in [-0.15, -0.1) is 0 Å². The van der Waals surface area contributed by atoms with Crippen LogP contribution in [0.15, 0.2) is 12.4 Å². The molecule has 2 aromatic rings. The Morgan fingerprint density at radius 1 is 1.12 bits per heavy atom. The zero-order chi connectivity index (χ0) is 11.7. The molecule has 2 rings (SSSR count). The van der Waals surface area contributed by atoms with Gasteiger partial charge in [0.25, 0.3) is 0 Å². The highest BCUT2D eigenvalue weighted by atomic mass is 16.5. The minimum absolute atomic E-state index is 0.323. The van der Waals surface area contributed by atoms with E-state index < -0.39 is 0 Å². The van der Waals surface area contributed by atoms with E-state index in [1.54, 1.807) is 6.07 Å². The Kier molecular flexibility index (Phi) is 2.40. The third-order valence-corrected chi connectivity index (χ3v) is 2.34. The maximum absolute atomic E-state index is 5.94. The first-order valence-electron chi connectivity index (χ1n) is 4.59. The Bertz CT molecular complexity index is 542. The minimum atomic E-state index is 0.323. The van der Waals surface area contributed by atoms with E-state index in [1.165, 1.54) is 20.5 Å². The smallest absolute Gasteiger partial charge is 0.184 e. The summed E-state index contributed by atoms with van der Waals surface area (Å²) < 4.78 is 10.3. The van der Waals surface area contributed by atoms with Gasteiger partial charge < -0.3 is 20.9 Å². The average Bonchev–Trinajstić information content (AvgIpc) is 2.28. The molecule has 0 radical (unpaired) electrons. The topological polar surface area (TPSA) is 96.3 Å². The maximum atomic E-state index is 5.94. The Morgan fingerprint density at radius 2 is 1.88 bits per heavy atom. The molecular formula is C10H12N4O2. The number of anilines is 2. The second-order valence-electron chi connectivity index (χ2n) is 3.18. The SMILES string of the molecule is COc1cc2ncnc(N)c2c(N)c1OC. The summed E-state index contributed by atoms with van der Waals surface area (Å²) in [5, 5.41) is 0.583. The van der Waals surface area contributed by atoms with Gasteiger partial charge in [-0.1, -0.05) is 0 Å². The molecule has 16 heavy (non-hydrogen) atoms. The predicted octanol–water partition coefficient (Wildman–Crippen LogP) is 0.811. The number of nitrogens with two attached hydrogens (primary N) is 2. The summed E-state index contributed by atoms with van der Waals surface area (Å²) in [5.74, 6) is 1.28. The van der Waals surface area contributed by atoms with Crippen LogP contribution in [0.1, 0.15) is 0 Å². The Labute approximate surface area is 92.2 Å². The molecule has 0 aliphatic heterocycles. The molecular weight excluding hydrogens is 208 g/mol. The van der Waals surface area contributed by atoms with Gasteiger partial charge in [-0.3, -0.25) is 0 Å². The highest BCUT2D eigenvalue weighted by molar-refractivity contribution is 6.01. The molecule has 0 atom stereocenters. The molecule has 1 aromatic carbocycles. The van der Waals surface area contributed by atoms with Gasteiger partial charge in [0.05, 0.1) is 30.8 Å². The van der Waals surface area contributed by atoms with Gasteiger partial charge in [-0.25, -0.2) is 9.97 Å². The van der Waals surface area contributed by atoms with Gasteiger partial charge in [-0.2, -0.15) is 0 Å². The first-order valence-corrected chi connectivity index (χ1v) is 4.59. The third kappa shape index (κ3) is 1.35. The minimum Gasteiger partial charge on any atom is -0.493 e. The number of hydrogen-bond donors (Lipinski definition) is 2. The van der Waals surface area contributed by atoms with Crippen molar-refractivity contribution in [1.29, 1.82) is 0 Å². The van der Waals surface area contributed by atoms with Crippen molar-refractivity contribution < 1.29 is 9.47 Å². The lowest BCUT2D eigenvalue weighted by Gasteiger charge is -2.12. The van der Waals surface area contributed by atoms with E-state index in [1.807, 2.05) is 0 Å². The van der Waals surface area contributed by atoms with Gasteiger partial charge in [0.15, 0.2) is 11.5 Å². The monoisotopic (exact) mass is 220 g/mol. The van der Waals surface area contributed by atoms with E-state index >= 15 is 0 Å². The molecule has 0 saturated heterocycles. The summed E-state index contributed by atoms with van der Waals surface area (Å²) in [6, 6.07) is 1.71. The van der Waals surface area contributed by atoms with Crippen molar-refractivity contribution in [2.45, 2.75) is 0 Å². The average molecular weight is 220 g/mol. The van der Waals surface area contributed by atoms with Crippen LogP contribution < -0.4 is 20.9 Å². The van der Waals surface area contributed by atoms with E-state index in [-0.39, 0.29) is 0 Å². The molecule has 1 aromatic heterocycles. The number of aromatic nitrogens is 2. The summed E-state index contributed by atoms with van der Waals surface area (Å²) in [5.41, 5.74) is 12.7. The van der Waals surface area contributed by atoms with E-state index in [4.69, 9.17) is 20.9 Å². The van der Waals surface area contributed by atoms with Gasteiger partial charge in [0.2, 0.25) is 0 Å². The summed E-state index contributed by atoms with van der Waals surface area (Å²) in [7, 11) is 3.05. The quantitative estimate of drug-likeness (QED) is 0.727. The Hall–Kier alpha value is -2.24. The van der Waals surface area contributed by atoms with Crippen molar-refractivity contribution in [3.63, 3.8) is 0 Å². The van der Waals surface area contributed by atoms with Crippen LogP contribution in [0.5, 0.6) is 11.5 Å². The zero-order valence-electron chi connectivity index (χ0n) is 9.02. The Balaban J connectivity index is 2.88. The van der Waals surface area contributed by atoms with Crippen LogP contribution in [-0.4, -0.2) is 24.2 Å². The van der Waals surface area contributed by atoms with Crippen LogP contribution in [0.25, 0.3) is 10.9 Å². The molecule has 0 spiro atoms. The lowest BCUT2D eigenvalue weighted by atomic mass is 10.1. The third-order valence-electron chi connectivity index (χ3n) is 2.34. The molecule has 4 N–H and O–H groups in total. The van der Waals surface area contributed by atoms with Crippen LogP contribution in [0.4, 0.5) is 11.5 Å². The second-order valence-corrected chi connectivity index (χ2v) is 3.18. The molecule has 6 heteroatoms. The van der Waals surface area contributed by atoms with Crippen LogP contribution >= 0.6 is 0 Å². The fraction of sp³-hybridized carbons (Fsp3) is 0.200. The zero-order valence-corrected chi connectivity index (χ0v) is 9.02. The molecule has 0 unspecified atom stereocenters. The van der Waals surface area contributed by atoms with Crippen LogP contribution in [-0.2, 0) is 0 Å². The van der Waals surface area contributed by atoms with Crippen molar-refractivity contribution in [1.82, 2.24) is 9.97 Å². The molecule has 0 aliphatic rings. The summed E-state index contributed by atoms with van der Waals surface area (Å²) >= 11 is 0. The van der Waals surface area contributed by atoms with Crippen molar-refractivity contribution in [3.05, 3.63) is 12.4 Å². The molecule has 1 heterocycles. The molecule has 0 aliphatic carbocycles. The lowest BCUT2D eigenvalue weighted by Crippen LogP contribution is -2.01. The number of nitrogens with zero attached hydrogens (tertiary/aromatic N) is 2. The van der Waals surface area contributed by atoms with E-state index in [9.17, 15) is 0 Å². The van der Waals surface area contributed by atoms with Gasteiger partial charge in [0, 0.05) is 6.07 Å². The number of ether oxygens (including phenoxy) is 2. The lowest BCUT2D eigenvalue weighted by molar-refractivity contribution is 0.357. The highest BCUT2D eigenvalue weighted by Crippen LogP contribution is 2.40. The second kappa shape index (κ2) is 3.73. The number of benzene rings is 1. The van der Waals surface area contributed by atoms with Gasteiger partial charge >= 0.3 is 0 Å². The Morgan fingerprint density at radius 3 is 2.50 bits per heavy atom. The highest BCUT2D eigenvalue weighted by Gasteiger charge is 2.15. The summed E-state index contributed by atoms with van der Waals surface area (Å²) in [6.07, 6.45) is 1.38. The van der Waals surface area contributed by atoms with Crippen molar-refractivity contribution in [3.8, 4) is 11.5 Å². The summed E-state index contributed by atoms with van der Waals surface area (Å²) in [6.45, 7) is 0. The first-order chi connectivity index (χ1) is 7.69. The number of methoxy groups -OCH3 is 2. The predicted molar refractivity (Wildman–Crippen MR) is 61.5 cm³/mol. The van der Waals surface area contributed by atoms with Crippen molar-refractivity contribution >= 4 is 22.4 Å².